The van der Waals surface area contributed by atoms with Gasteiger partial charge in [-0.3, -0.25) is 4.21 Å². The maximum atomic E-state index is 10.4. The van der Waals surface area contributed by atoms with Crippen LogP contribution in [0.5, 0.6) is 0 Å². The summed E-state index contributed by atoms with van der Waals surface area (Å²) in [5.41, 5.74) is 0. The number of hydrogen-bond donors (Lipinski definition) is 0. The van der Waals surface area contributed by atoms with Crippen molar-refractivity contribution in [1.82, 2.24) is 0 Å². The molecule has 0 saturated heterocycles. The van der Waals surface area contributed by atoms with Gasteiger partial charge in [-0.05, 0) is 12.3 Å². The summed E-state index contributed by atoms with van der Waals surface area (Å²) in [6, 6.07) is 0. The van der Waals surface area contributed by atoms with Gasteiger partial charge in [0, 0.05) is 5.25 Å². The average molecular weight is 185 g/mol. The van der Waals surface area contributed by atoms with Crippen LogP contribution < -0.4 is 29.6 Å². The van der Waals surface area contributed by atoms with Crippen molar-refractivity contribution in [1.29, 1.82) is 0 Å². The van der Waals surface area contributed by atoms with Crippen molar-refractivity contribution < 1.29 is 39.7 Å². The van der Waals surface area contributed by atoms with Gasteiger partial charge in [0.1, 0.15) is 0 Å². The molecular formula is C7H14NaO2S-. The summed E-state index contributed by atoms with van der Waals surface area (Å²) in [7, 11) is 0. The SMILES string of the molecule is C=CC[C@H](C)[C@@H](C)S(=O)[O-].[H-].[Na+]. The third-order valence-corrected chi connectivity index (χ3v) is 2.72. The zero-order chi connectivity index (χ0) is 8.15. The van der Waals surface area contributed by atoms with Gasteiger partial charge in [0.2, 0.25) is 0 Å². The third-order valence-electron chi connectivity index (χ3n) is 1.64. The second-order valence-corrected chi connectivity index (χ2v) is 3.73. The first-order valence-corrected chi connectivity index (χ1v) is 4.42. The molecule has 0 amide bonds. The van der Waals surface area contributed by atoms with E-state index >= 15 is 0 Å². The van der Waals surface area contributed by atoms with Crippen molar-refractivity contribution in [3.05, 3.63) is 12.7 Å². The molecule has 0 spiro atoms. The molecule has 0 aliphatic carbocycles. The smallest absolute Gasteiger partial charge is 1.00 e. The van der Waals surface area contributed by atoms with Crippen LogP contribution in [0, 0.1) is 5.92 Å². The molecule has 0 fully saturated rings. The van der Waals surface area contributed by atoms with Crippen LogP contribution in [0.3, 0.4) is 0 Å². The largest absolute Gasteiger partial charge is 1.00 e. The van der Waals surface area contributed by atoms with E-state index in [2.05, 4.69) is 6.58 Å². The fourth-order valence-electron chi connectivity index (χ4n) is 0.644. The molecular weight excluding hydrogens is 171 g/mol. The van der Waals surface area contributed by atoms with E-state index in [9.17, 15) is 8.76 Å². The van der Waals surface area contributed by atoms with Crippen LogP contribution in [0.25, 0.3) is 0 Å². The summed E-state index contributed by atoms with van der Waals surface area (Å²) >= 11 is -1.94. The second kappa shape index (κ2) is 7.50. The fourth-order valence-corrected chi connectivity index (χ4v) is 1.13. The topological polar surface area (TPSA) is 40.1 Å². The van der Waals surface area contributed by atoms with Crippen molar-refractivity contribution in [2.45, 2.75) is 25.5 Å². The summed E-state index contributed by atoms with van der Waals surface area (Å²) in [6.45, 7) is 7.15. The van der Waals surface area contributed by atoms with Crippen molar-refractivity contribution >= 4 is 11.1 Å². The van der Waals surface area contributed by atoms with E-state index in [0.29, 0.717) is 0 Å². The van der Waals surface area contributed by atoms with Gasteiger partial charge in [0.25, 0.3) is 0 Å². The van der Waals surface area contributed by atoms with Crippen LogP contribution in [0.1, 0.15) is 21.7 Å². The van der Waals surface area contributed by atoms with E-state index in [-0.39, 0.29) is 42.2 Å². The molecule has 11 heavy (non-hydrogen) atoms. The minimum absolute atomic E-state index is 0. The zero-order valence-electron chi connectivity index (χ0n) is 8.37. The minimum atomic E-state index is -1.94. The molecule has 1 unspecified atom stereocenters. The van der Waals surface area contributed by atoms with Crippen molar-refractivity contribution in [3.8, 4) is 0 Å². The molecule has 0 aromatic heterocycles. The quantitative estimate of drug-likeness (QED) is 0.306. The Morgan fingerprint density at radius 3 is 2.45 bits per heavy atom. The van der Waals surface area contributed by atoms with Gasteiger partial charge in [-0.15, -0.1) is 6.58 Å². The Balaban J connectivity index is -0.000000405. The summed E-state index contributed by atoms with van der Waals surface area (Å²) in [6.07, 6.45) is 2.50. The summed E-state index contributed by atoms with van der Waals surface area (Å²) in [5, 5.41) is -0.266. The maximum Gasteiger partial charge on any atom is 1.00 e. The number of hydrogen-bond acceptors (Lipinski definition) is 2. The van der Waals surface area contributed by atoms with Crippen LogP contribution >= 0.6 is 0 Å². The molecule has 62 valence electrons. The summed E-state index contributed by atoms with van der Waals surface area (Å²) in [4.78, 5) is 0. The predicted molar refractivity (Wildman–Crippen MR) is 43.5 cm³/mol. The molecule has 0 N–H and O–H groups in total. The molecule has 3 atom stereocenters. The Labute approximate surface area is 94.5 Å². The van der Waals surface area contributed by atoms with Gasteiger partial charge < -0.3 is 5.98 Å². The van der Waals surface area contributed by atoms with E-state index in [1.165, 1.54) is 0 Å². The Bertz CT molecular complexity index is 143. The standard InChI is InChI=1S/C7H14O2S.Na.H/c1-4-5-6(2)7(3)10(8)9;;/h4,6-7H,1,5H2,2-3H3,(H,8,9);;/q;+1;-1/p-1/t6-,7+;;/m0../s1. The zero-order valence-corrected chi connectivity index (χ0v) is 10.2. The third kappa shape index (κ3) is 6.05. The first-order valence-electron chi connectivity index (χ1n) is 3.28. The average Bonchev–Trinajstić information content (AvgIpc) is 1.87. The molecule has 4 heteroatoms. The van der Waals surface area contributed by atoms with E-state index in [4.69, 9.17) is 0 Å². The van der Waals surface area contributed by atoms with Crippen molar-refractivity contribution in [2.75, 3.05) is 0 Å². The van der Waals surface area contributed by atoms with Gasteiger partial charge in [0.15, 0.2) is 0 Å². The second-order valence-electron chi connectivity index (χ2n) is 2.47. The van der Waals surface area contributed by atoms with Crippen LogP contribution in [-0.2, 0) is 11.1 Å². The Kier molecular flexibility index (Phi) is 9.80. The number of allylic oxidation sites excluding steroid dienone is 1. The molecule has 0 rings (SSSR count). The molecule has 0 saturated carbocycles. The monoisotopic (exact) mass is 185 g/mol. The van der Waals surface area contributed by atoms with Crippen molar-refractivity contribution in [3.63, 3.8) is 0 Å². The van der Waals surface area contributed by atoms with Crippen molar-refractivity contribution in [2.24, 2.45) is 5.92 Å². The van der Waals surface area contributed by atoms with Gasteiger partial charge in [-0.25, -0.2) is 0 Å². The fraction of sp³-hybridized carbons (Fsp3) is 0.714. The van der Waals surface area contributed by atoms with E-state index in [1.54, 1.807) is 13.0 Å². The molecule has 0 aliphatic heterocycles. The first-order chi connectivity index (χ1) is 4.59. The number of rotatable bonds is 4. The molecule has 0 bridgehead atoms. The van der Waals surface area contributed by atoms with Gasteiger partial charge in [0.05, 0.1) is 0 Å². The maximum absolute atomic E-state index is 10.4. The Hall–Kier alpha value is 0.850. The predicted octanol–water partition coefficient (Wildman–Crippen LogP) is -1.42. The molecule has 0 aromatic carbocycles. The van der Waals surface area contributed by atoms with Crippen LogP contribution in [-0.4, -0.2) is 14.0 Å². The molecule has 0 aliphatic rings. The first kappa shape index (κ1) is 14.4. The molecule has 0 aromatic rings. The normalized spacial score (nSPS) is 17.7. The van der Waals surface area contributed by atoms with Crippen LogP contribution in [0.15, 0.2) is 12.7 Å². The van der Waals surface area contributed by atoms with E-state index < -0.39 is 11.1 Å². The van der Waals surface area contributed by atoms with Gasteiger partial charge in [-0.2, -0.15) is 0 Å². The Morgan fingerprint density at radius 2 is 2.18 bits per heavy atom. The van der Waals surface area contributed by atoms with Crippen LogP contribution in [0.4, 0.5) is 0 Å². The summed E-state index contributed by atoms with van der Waals surface area (Å²) < 4.78 is 20.8. The summed E-state index contributed by atoms with van der Waals surface area (Å²) in [5.74, 6) is 0.177. The van der Waals surface area contributed by atoms with Gasteiger partial charge >= 0.3 is 29.6 Å². The van der Waals surface area contributed by atoms with Crippen LogP contribution in [0.2, 0.25) is 0 Å². The molecule has 2 nitrogen and oxygen atoms in total. The minimum Gasteiger partial charge on any atom is -1.00 e. The Morgan fingerprint density at radius 1 is 1.73 bits per heavy atom. The van der Waals surface area contributed by atoms with E-state index in [1.807, 2.05) is 6.92 Å². The van der Waals surface area contributed by atoms with Gasteiger partial charge in [-0.1, -0.05) is 31.0 Å². The molecule has 0 heterocycles. The van der Waals surface area contributed by atoms with E-state index in [0.717, 1.165) is 6.42 Å². The molecule has 0 radical (unpaired) electrons.